The van der Waals surface area contributed by atoms with Crippen LogP contribution in [0.15, 0.2) is 65.5 Å². The minimum atomic E-state index is -0.454. The molecule has 0 saturated carbocycles. The van der Waals surface area contributed by atoms with E-state index in [0.717, 1.165) is 11.1 Å². The Labute approximate surface area is 139 Å². The third-order valence-electron chi connectivity index (χ3n) is 3.77. The van der Waals surface area contributed by atoms with Gasteiger partial charge in [0.15, 0.2) is 0 Å². The Morgan fingerprint density at radius 3 is 2.46 bits per heavy atom. The highest BCUT2D eigenvalue weighted by Crippen LogP contribution is 2.15. The Bertz CT molecular complexity index is 917. The van der Waals surface area contributed by atoms with E-state index in [9.17, 15) is 9.59 Å². The van der Waals surface area contributed by atoms with Gasteiger partial charge < -0.3 is 10.7 Å². The van der Waals surface area contributed by atoms with Gasteiger partial charge >= 0.3 is 0 Å². The number of carbonyl (C=O) groups is 1. The normalized spacial score (nSPS) is 10.5. The van der Waals surface area contributed by atoms with Crippen molar-refractivity contribution in [3.8, 4) is 11.3 Å². The fourth-order valence-electron chi connectivity index (χ4n) is 2.62. The molecule has 0 aliphatic heterocycles. The second-order valence-electron chi connectivity index (χ2n) is 5.46. The van der Waals surface area contributed by atoms with Crippen LogP contribution in [0.1, 0.15) is 21.7 Å². The summed E-state index contributed by atoms with van der Waals surface area (Å²) in [5, 5.41) is 0. The van der Waals surface area contributed by atoms with E-state index in [-0.39, 0.29) is 5.56 Å². The molecule has 0 fully saturated rings. The Kier molecular flexibility index (Phi) is 4.52. The number of aromatic nitrogens is 2. The lowest BCUT2D eigenvalue weighted by molar-refractivity contribution is 0.0999. The first-order valence-corrected chi connectivity index (χ1v) is 7.67. The molecule has 0 unspecified atom stereocenters. The number of nitrogens with two attached hydrogens (primary N) is 1. The van der Waals surface area contributed by atoms with Crippen molar-refractivity contribution in [2.24, 2.45) is 5.73 Å². The minimum Gasteiger partial charge on any atom is -0.366 e. The van der Waals surface area contributed by atoms with Gasteiger partial charge in [0.2, 0.25) is 5.91 Å². The van der Waals surface area contributed by atoms with Gasteiger partial charge in [-0.2, -0.15) is 0 Å². The Hall–Kier alpha value is -3.21. The molecule has 0 aliphatic rings. The number of H-pyrrole nitrogens is 1. The zero-order valence-electron chi connectivity index (χ0n) is 13.0. The maximum Gasteiger partial charge on any atom is 0.251 e. The number of rotatable bonds is 5. The smallest absolute Gasteiger partial charge is 0.251 e. The molecule has 1 heterocycles. The molecule has 1 aromatic heterocycles. The van der Waals surface area contributed by atoms with Crippen LogP contribution in [0.2, 0.25) is 0 Å². The van der Waals surface area contributed by atoms with Crippen molar-refractivity contribution in [3.63, 3.8) is 0 Å². The van der Waals surface area contributed by atoms with E-state index in [2.05, 4.69) is 9.97 Å². The fourth-order valence-corrected chi connectivity index (χ4v) is 2.62. The molecule has 3 aromatic rings. The number of hydrogen-bond donors (Lipinski definition) is 2. The lowest BCUT2D eigenvalue weighted by Gasteiger charge is -2.07. The van der Waals surface area contributed by atoms with E-state index in [1.54, 1.807) is 12.1 Å². The summed E-state index contributed by atoms with van der Waals surface area (Å²) in [4.78, 5) is 30.7. The fraction of sp³-hybridized carbons (Fsp3) is 0.105. The van der Waals surface area contributed by atoms with Gasteiger partial charge in [-0.15, -0.1) is 0 Å². The van der Waals surface area contributed by atoms with E-state index < -0.39 is 5.91 Å². The van der Waals surface area contributed by atoms with E-state index in [1.807, 2.05) is 42.5 Å². The number of nitrogens with zero attached hydrogens (tertiary/aromatic N) is 1. The molecule has 5 heteroatoms. The maximum atomic E-state index is 11.9. The summed E-state index contributed by atoms with van der Waals surface area (Å²) in [6, 6.07) is 18.2. The summed E-state index contributed by atoms with van der Waals surface area (Å²) >= 11 is 0. The molecular weight excluding hydrogens is 302 g/mol. The van der Waals surface area contributed by atoms with E-state index >= 15 is 0 Å². The van der Waals surface area contributed by atoms with Crippen LogP contribution in [0.4, 0.5) is 0 Å². The highest BCUT2D eigenvalue weighted by molar-refractivity contribution is 5.94. The van der Waals surface area contributed by atoms with Gasteiger partial charge in [0, 0.05) is 23.6 Å². The van der Waals surface area contributed by atoms with Gasteiger partial charge in [0.1, 0.15) is 5.82 Å². The van der Waals surface area contributed by atoms with Crippen LogP contribution in [0, 0.1) is 0 Å². The third kappa shape index (κ3) is 3.57. The lowest BCUT2D eigenvalue weighted by atomic mass is 10.0. The number of benzene rings is 2. The first-order chi connectivity index (χ1) is 11.6. The van der Waals surface area contributed by atoms with Gasteiger partial charge in [-0.05, 0) is 18.1 Å². The lowest BCUT2D eigenvalue weighted by Crippen LogP contribution is -2.15. The SMILES string of the molecule is NC(=O)c1ccccc1CCc1nc(-c2ccccc2)cc(=O)[nH]1. The molecular formula is C19H17N3O2. The number of aryl methyl sites for hydroxylation is 2. The van der Waals surface area contributed by atoms with Gasteiger partial charge in [-0.3, -0.25) is 9.59 Å². The van der Waals surface area contributed by atoms with Crippen molar-refractivity contribution in [1.82, 2.24) is 9.97 Å². The summed E-state index contributed by atoms with van der Waals surface area (Å²) < 4.78 is 0. The molecule has 1 amide bonds. The monoisotopic (exact) mass is 319 g/mol. The molecule has 0 bridgehead atoms. The number of primary amides is 1. The zero-order chi connectivity index (χ0) is 16.9. The first kappa shape index (κ1) is 15.7. The molecule has 2 aromatic carbocycles. The number of nitrogens with one attached hydrogen (secondary N) is 1. The number of carbonyl (C=O) groups excluding carboxylic acids is 1. The van der Waals surface area contributed by atoms with Gasteiger partial charge in [-0.1, -0.05) is 48.5 Å². The van der Waals surface area contributed by atoms with Crippen LogP contribution in [-0.4, -0.2) is 15.9 Å². The molecule has 0 atom stereocenters. The first-order valence-electron chi connectivity index (χ1n) is 7.67. The molecule has 3 rings (SSSR count). The minimum absolute atomic E-state index is 0.193. The van der Waals surface area contributed by atoms with E-state index in [4.69, 9.17) is 5.73 Å². The largest absolute Gasteiger partial charge is 0.366 e. The highest BCUT2D eigenvalue weighted by atomic mass is 16.1. The maximum absolute atomic E-state index is 11.9. The van der Waals surface area contributed by atoms with Crippen LogP contribution >= 0.6 is 0 Å². The Balaban J connectivity index is 1.85. The van der Waals surface area contributed by atoms with Gasteiger partial charge in [0.25, 0.3) is 5.56 Å². The summed E-state index contributed by atoms with van der Waals surface area (Å²) in [7, 11) is 0. The van der Waals surface area contributed by atoms with Gasteiger partial charge in [-0.25, -0.2) is 4.98 Å². The molecule has 24 heavy (non-hydrogen) atoms. The van der Waals surface area contributed by atoms with Crippen LogP contribution in [0.3, 0.4) is 0 Å². The van der Waals surface area contributed by atoms with Crippen molar-refractivity contribution in [2.45, 2.75) is 12.8 Å². The third-order valence-corrected chi connectivity index (χ3v) is 3.77. The molecule has 0 saturated heterocycles. The predicted molar refractivity (Wildman–Crippen MR) is 92.7 cm³/mol. The van der Waals surface area contributed by atoms with Crippen LogP contribution in [-0.2, 0) is 12.8 Å². The van der Waals surface area contributed by atoms with Crippen LogP contribution < -0.4 is 11.3 Å². The molecule has 0 radical (unpaired) electrons. The molecule has 5 nitrogen and oxygen atoms in total. The second kappa shape index (κ2) is 6.91. The Morgan fingerprint density at radius 2 is 1.71 bits per heavy atom. The standard InChI is InChI=1S/C19H17N3O2/c20-19(24)15-9-5-4-6-13(15)10-11-17-21-16(12-18(23)22-17)14-7-2-1-3-8-14/h1-9,12H,10-11H2,(H2,20,24)(H,21,22,23). The van der Waals surface area contributed by atoms with Crippen molar-refractivity contribution < 1.29 is 4.79 Å². The summed E-state index contributed by atoms with van der Waals surface area (Å²) in [5.74, 6) is 0.130. The van der Waals surface area contributed by atoms with E-state index in [0.29, 0.717) is 29.9 Å². The highest BCUT2D eigenvalue weighted by Gasteiger charge is 2.09. The van der Waals surface area contributed by atoms with Crippen molar-refractivity contribution in [3.05, 3.63) is 88.0 Å². The zero-order valence-corrected chi connectivity index (χ0v) is 13.0. The number of aromatic amines is 1. The molecule has 3 N–H and O–H groups in total. The predicted octanol–water partition coefficient (Wildman–Crippen LogP) is 2.32. The topological polar surface area (TPSA) is 88.8 Å². The Morgan fingerprint density at radius 1 is 1.00 bits per heavy atom. The number of amides is 1. The van der Waals surface area contributed by atoms with Crippen LogP contribution in [0.5, 0.6) is 0 Å². The quantitative estimate of drug-likeness (QED) is 0.756. The summed E-state index contributed by atoms with van der Waals surface area (Å²) in [6.45, 7) is 0. The average Bonchev–Trinajstić information content (AvgIpc) is 2.60. The van der Waals surface area contributed by atoms with Crippen LogP contribution in [0.25, 0.3) is 11.3 Å². The molecule has 0 spiro atoms. The summed E-state index contributed by atoms with van der Waals surface area (Å²) in [6.07, 6.45) is 1.08. The molecule has 0 aliphatic carbocycles. The second-order valence-corrected chi connectivity index (χ2v) is 5.46. The average molecular weight is 319 g/mol. The van der Waals surface area contributed by atoms with Gasteiger partial charge in [0.05, 0.1) is 5.69 Å². The molecule has 120 valence electrons. The van der Waals surface area contributed by atoms with Crippen molar-refractivity contribution in [2.75, 3.05) is 0 Å². The summed E-state index contributed by atoms with van der Waals surface area (Å²) in [5.41, 5.74) is 8.07. The van der Waals surface area contributed by atoms with Crippen molar-refractivity contribution in [1.29, 1.82) is 0 Å². The van der Waals surface area contributed by atoms with E-state index in [1.165, 1.54) is 6.07 Å². The number of hydrogen-bond acceptors (Lipinski definition) is 3. The van der Waals surface area contributed by atoms with Crippen molar-refractivity contribution >= 4 is 5.91 Å².